The van der Waals surface area contributed by atoms with Gasteiger partial charge in [-0.25, -0.2) is 4.98 Å². The Labute approximate surface area is 200 Å². The molecule has 2 fully saturated rings. The molecule has 0 unspecified atom stereocenters. The van der Waals surface area contributed by atoms with Crippen molar-refractivity contribution in [1.82, 2.24) is 24.7 Å². The lowest BCUT2D eigenvalue weighted by Gasteiger charge is -2.35. The zero-order valence-electron chi connectivity index (χ0n) is 19.5. The van der Waals surface area contributed by atoms with Crippen LogP contribution in [0, 0.1) is 0 Å². The topological polar surface area (TPSA) is 69.6 Å². The molecular weight excluding hydrogens is 426 g/mol. The van der Waals surface area contributed by atoms with E-state index in [2.05, 4.69) is 9.88 Å². The summed E-state index contributed by atoms with van der Waals surface area (Å²) >= 11 is 0. The second-order valence-corrected chi connectivity index (χ2v) is 9.17. The number of carbonyl (C=O) groups excluding carboxylic acids is 2. The minimum Gasteiger partial charge on any atom is -0.342 e. The molecule has 4 heterocycles. The number of pyridine rings is 2. The molecule has 1 aromatic carbocycles. The van der Waals surface area contributed by atoms with E-state index in [1.165, 1.54) is 12.8 Å². The highest BCUT2D eigenvalue weighted by molar-refractivity contribution is 6.07. The summed E-state index contributed by atoms with van der Waals surface area (Å²) < 4.78 is 0. The van der Waals surface area contributed by atoms with Crippen molar-refractivity contribution in [3.05, 3.63) is 60.4 Å². The third kappa shape index (κ3) is 4.94. The maximum atomic E-state index is 13.6. The Hall–Kier alpha value is -3.32. The van der Waals surface area contributed by atoms with Crippen LogP contribution in [0.1, 0.15) is 36.0 Å². The summed E-state index contributed by atoms with van der Waals surface area (Å²) in [6.45, 7) is 4.88. The van der Waals surface area contributed by atoms with Gasteiger partial charge in [0.1, 0.15) is 0 Å². The fraction of sp³-hybridized carbons (Fsp3) is 0.407. The molecule has 2 aromatic heterocycles. The SMILES string of the molecule is O=C(CN1CCN(C(=O)c2cc(-c3ccncc3)nc3ccccc23)CC1)N1CCCCCC1. The molecule has 0 spiro atoms. The Morgan fingerprint density at radius 3 is 2.24 bits per heavy atom. The second kappa shape index (κ2) is 10.3. The van der Waals surface area contributed by atoms with Gasteiger partial charge in [-0.2, -0.15) is 0 Å². The smallest absolute Gasteiger partial charge is 0.254 e. The Morgan fingerprint density at radius 1 is 0.794 bits per heavy atom. The molecule has 5 rings (SSSR count). The fourth-order valence-electron chi connectivity index (χ4n) is 4.91. The molecule has 2 aliphatic rings. The van der Waals surface area contributed by atoms with Gasteiger partial charge in [0, 0.05) is 62.6 Å². The molecule has 0 saturated carbocycles. The van der Waals surface area contributed by atoms with Gasteiger partial charge in [0.25, 0.3) is 5.91 Å². The van der Waals surface area contributed by atoms with Crippen molar-refractivity contribution in [3.8, 4) is 11.3 Å². The predicted molar refractivity (Wildman–Crippen MR) is 132 cm³/mol. The summed E-state index contributed by atoms with van der Waals surface area (Å²) in [6, 6.07) is 13.5. The lowest BCUT2D eigenvalue weighted by atomic mass is 10.0. The van der Waals surface area contributed by atoms with Crippen molar-refractivity contribution in [2.24, 2.45) is 0 Å². The summed E-state index contributed by atoms with van der Waals surface area (Å²) in [4.78, 5) is 41.4. The molecule has 0 N–H and O–H groups in total. The molecule has 2 saturated heterocycles. The lowest BCUT2D eigenvalue weighted by molar-refractivity contribution is -0.132. The number of benzene rings is 1. The first kappa shape index (κ1) is 22.5. The summed E-state index contributed by atoms with van der Waals surface area (Å²) in [5.41, 5.74) is 3.19. The van der Waals surface area contributed by atoms with Gasteiger partial charge < -0.3 is 9.80 Å². The number of piperazine rings is 1. The highest BCUT2D eigenvalue weighted by atomic mass is 16.2. The number of para-hydroxylation sites is 1. The molecular formula is C27H31N5O2. The van der Waals surface area contributed by atoms with Gasteiger partial charge in [-0.15, -0.1) is 0 Å². The lowest BCUT2D eigenvalue weighted by Crippen LogP contribution is -2.51. The summed E-state index contributed by atoms with van der Waals surface area (Å²) in [5, 5.41) is 0.865. The minimum atomic E-state index is 0.0207. The van der Waals surface area contributed by atoms with Crippen LogP contribution in [-0.4, -0.2) is 82.3 Å². The zero-order chi connectivity index (χ0) is 23.3. The highest BCUT2D eigenvalue weighted by Gasteiger charge is 2.26. The third-order valence-electron chi connectivity index (χ3n) is 6.90. The van der Waals surface area contributed by atoms with E-state index in [-0.39, 0.29) is 11.8 Å². The standard InChI is InChI=1S/C27H31N5O2/c33-26(31-13-5-1-2-6-14-31)20-30-15-17-32(18-16-30)27(34)23-19-25(21-9-11-28-12-10-21)29-24-8-4-3-7-22(23)24/h3-4,7-12,19H,1-2,5-6,13-18,20H2. The van der Waals surface area contributed by atoms with Gasteiger partial charge in [-0.05, 0) is 37.1 Å². The first-order valence-corrected chi connectivity index (χ1v) is 12.3. The molecule has 7 heteroatoms. The van der Waals surface area contributed by atoms with E-state index in [9.17, 15) is 9.59 Å². The second-order valence-electron chi connectivity index (χ2n) is 9.17. The Bertz CT molecular complexity index is 1150. The molecule has 7 nitrogen and oxygen atoms in total. The van der Waals surface area contributed by atoms with Crippen molar-refractivity contribution in [1.29, 1.82) is 0 Å². The van der Waals surface area contributed by atoms with Crippen molar-refractivity contribution in [2.75, 3.05) is 45.8 Å². The monoisotopic (exact) mass is 457 g/mol. The fourth-order valence-corrected chi connectivity index (χ4v) is 4.91. The Kier molecular flexibility index (Phi) is 6.81. The number of amides is 2. The quantitative estimate of drug-likeness (QED) is 0.600. The van der Waals surface area contributed by atoms with Crippen LogP contribution >= 0.6 is 0 Å². The molecule has 0 atom stereocenters. The number of nitrogens with zero attached hydrogens (tertiary/aromatic N) is 5. The zero-order valence-corrected chi connectivity index (χ0v) is 19.5. The number of hydrogen-bond acceptors (Lipinski definition) is 5. The van der Waals surface area contributed by atoms with Gasteiger partial charge in [-0.3, -0.25) is 19.5 Å². The number of carbonyl (C=O) groups is 2. The number of rotatable bonds is 4. The van der Waals surface area contributed by atoms with Gasteiger partial charge in [0.2, 0.25) is 5.91 Å². The maximum absolute atomic E-state index is 13.6. The van der Waals surface area contributed by atoms with Crippen LogP contribution < -0.4 is 0 Å². The normalized spacial score (nSPS) is 17.5. The largest absolute Gasteiger partial charge is 0.342 e. The van der Waals surface area contributed by atoms with Crippen molar-refractivity contribution in [3.63, 3.8) is 0 Å². The van der Waals surface area contributed by atoms with Gasteiger partial charge in [0.05, 0.1) is 23.3 Å². The van der Waals surface area contributed by atoms with Crippen molar-refractivity contribution >= 4 is 22.7 Å². The molecule has 34 heavy (non-hydrogen) atoms. The molecule has 0 aliphatic carbocycles. The molecule has 176 valence electrons. The van der Waals surface area contributed by atoms with Crippen LogP contribution in [-0.2, 0) is 4.79 Å². The number of likely N-dealkylation sites (tertiary alicyclic amines) is 1. The Morgan fingerprint density at radius 2 is 1.50 bits per heavy atom. The van der Waals surface area contributed by atoms with E-state index >= 15 is 0 Å². The Balaban J connectivity index is 1.29. The van der Waals surface area contributed by atoms with E-state index < -0.39 is 0 Å². The number of hydrogen-bond donors (Lipinski definition) is 0. The van der Waals surface area contributed by atoms with Gasteiger partial charge >= 0.3 is 0 Å². The van der Waals surface area contributed by atoms with E-state index in [1.54, 1.807) is 12.4 Å². The summed E-state index contributed by atoms with van der Waals surface area (Å²) in [5.74, 6) is 0.246. The molecule has 0 bridgehead atoms. The highest BCUT2D eigenvalue weighted by Crippen LogP contribution is 2.26. The van der Waals surface area contributed by atoms with Crippen LogP contribution in [0.25, 0.3) is 22.2 Å². The number of fused-ring (bicyclic) bond motifs is 1. The van der Waals surface area contributed by atoms with E-state index in [4.69, 9.17) is 4.98 Å². The molecule has 2 amide bonds. The molecule has 2 aliphatic heterocycles. The molecule has 0 radical (unpaired) electrons. The van der Waals surface area contributed by atoms with Crippen LogP contribution in [0.2, 0.25) is 0 Å². The minimum absolute atomic E-state index is 0.0207. The average molecular weight is 458 g/mol. The van der Waals surface area contributed by atoms with E-state index in [0.29, 0.717) is 38.3 Å². The van der Waals surface area contributed by atoms with Crippen molar-refractivity contribution < 1.29 is 9.59 Å². The summed E-state index contributed by atoms with van der Waals surface area (Å²) in [7, 11) is 0. The number of aromatic nitrogens is 2. The average Bonchev–Trinajstić information content (AvgIpc) is 3.18. The van der Waals surface area contributed by atoms with Crippen LogP contribution in [0.3, 0.4) is 0 Å². The van der Waals surface area contributed by atoms with Gasteiger partial charge in [0.15, 0.2) is 0 Å². The van der Waals surface area contributed by atoms with Crippen LogP contribution in [0.4, 0.5) is 0 Å². The van der Waals surface area contributed by atoms with Crippen molar-refractivity contribution in [2.45, 2.75) is 25.7 Å². The summed E-state index contributed by atoms with van der Waals surface area (Å²) in [6.07, 6.45) is 8.12. The molecule has 3 aromatic rings. The first-order valence-electron chi connectivity index (χ1n) is 12.3. The predicted octanol–water partition coefficient (Wildman–Crippen LogP) is 3.46. The third-order valence-corrected chi connectivity index (χ3v) is 6.90. The first-order chi connectivity index (χ1) is 16.7. The van der Waals surface area contributed by atoms with Crippen LogP contribution in [0.15, 0.2) is 54.9 Å². The maximum Gasteiger partial charge on any atom is 0.254 e. The van der Waals surface area contributed by atoms with E-state index in [0.717, 1.165) is 48.1 Å². The van der Waals surface area contributed by atoms with Gasteiger partial charge in [-0.1, -0.05) is 31.0 Å². The van der Waals surface area contributed by atoms with Crippen LogP contribution in [0.5, 0.6) is 0 Å². The van der Waals surface area contributed by atoms with E-state index in [1.807, 2.05) is 52.3 Å².